The van der Waals surface area contributed by atoms with Crippen molar-refractivity contribution >= 4 is 33.2 Å². The average molecular weight is 249 g/mol. The number of aryl methyl sites for hydroxylation is 1. The fourth-order valence-electron chi connectivity index (χ4n) is 0.812. The van der Waals surface area contributed by atoms with E-state index < -0.39 is 0 Å². The summed E-state index contributed by atoms with van der Waals surface area (Å²) >= 11 is 5.00. The first-order valence-corrected chi connectivity index (χ1v) is 5.19. The van der Waals surface area contributed by atoms with Gasteiger partial charge in [0.05, 0.1) is 13.5 Å². The zero-order chi connectivity index (χ0) is 8.97. The molecule has 0 aliphatic heterocycles. The number of esters is 1. The van der Waals surface area contributed by atoms with E-state index in [0.29, 0.717) is 6.42 Å². The van der Waals surface area contributed by atoms with Crippen LogP contribution >= 0.6 is 27.3 Å². The highest BCUT2D eigenvalue weighted by atomic mass is 79.9. The van der Waals surface area contributed by atoms with Gasteiger partial charge in [-0.3, -0.25) is 4.79 Å². The SMILES string of the molecule is COC(=O)CCc1cc(Br)cs1. The molecule has 0 unspecified atom stereocenters. The molecular formula is C8H9BrO2S. The highest BCUT2D eigenvalue weighted by Gasteiger charge is 2.02. The summed E-state index contributed by atoms with van der Waals surface area (Å²) < 4.78 is 5.61. The Morgan fingerprint density at radius 3 is 3.00 bits per heavy atom. The molecule has 66 valence electrons. The van der Waals surface area contributed by atoms with Crippen molar-refractivity contribution in [1.82, 2.24) is 0 Å². The number of carbonyl (C=O) groups is 1. The van der Waals surface area contributed by atoms with Crippen LogP contribution in [0.1, 0.15) is 11.3 Å². The zero-order valence-corrected chi connectivity index (χ0v) is 9.07. The predicted molar refractivity (Wildman–Crippen MR) is 52.4 cm³/mol. The molecule has 0 amide bonds. The minimum Gasteiger partial charge on any atom is -0.469 e. The van der Waals surface area contributed by atoms with Crippen molar-refractivity contribution in [1.29, 1.82) is 0 Å². The number of ether oxygens (including phenoxy) is 1. The maximum absolute atomic E-state index is 10.8. The van der Waals surface area contributed by atoms with Crippen LogP contribution < -0.4 is 0 Å². The number of hydrogen-bond acceptors (Lipinski definition) is 3. The standard InChI is InChI=1S/C8H9BrO2S/c1-11-8(10)3-2-7-4-6(9)5-12-7/h4-5H,2-3H2,1H3. The number of rotatable bonds is 3. The van der Waals surface area contributed by atoms with E-state index in [2.05, 4.69) is 20.7 Å². The van der Waals surface area contributed by atoms with Gasteiger partial charge in [-0.1, -0.05) is 0 Å². The Hall–Kier alpha value is -0.350. The lowest BCUT2D eigenvalue weighted by Crippen LogP contribution is -2.00. The molecule has 1 heterocycles. The van der Waals surface area contributed by atoms with Crippen LogP contribution in [0, 0.1) is 0 Å². The molecule has 0 fully saturated rings. The van der Waals surface area contributed by atoms with E-state index in [1.807, 2.05) is 11.4 Å². The third kappa shape index (κ3) is 2.95. The van der Waals surface area contributed by atoms with Crippen molar-refractivity contribution in [2.45, 2.75) is 12.8 Å². The third-order valence-corrected chi connectivity index (χ3v) is 3.18. The smallest absolute Gasteiger partial charge is 0.305 e. The molecule has 0 saturated heterocycles. The summed E-state index contributed by atoms with van der Waals surface area (Å²) in [6.45, 7) is 0. The van der Waals surface area contributed by atoms with Crippen molar-refractivity contribution in [2.75, 3.05) is 7.11 Å². The van der Waals surface area contributed by atoms with Crippen LogP contribution in [0.3, 0.4) is 0 Å². The van der Waals surface area contributed by atoms with Crippen LogP contribution in [0.25, 0.3) is 0 Å². The van der Waals surface area contributed by atoms with Gasteiger partial charge in [0.15, 0.2) is 0 Å². The van der Waals surface area contributed by atoms with Gasteiger partial charge in [-0.2, -0.15) is 0 Å². The van der Waals surface area contributed by atoms with Crippen molar-refractivity contribution in [2.24, 2.45) is 0 Å². The Balaban J connectivity index is 2.38. The molecule has 0 atom stereocenters. The molecule has 0 radical (unpaired) electrons. The molecule has 1 aromatic rings. The molecule has 0 aliphatic rings. The first-order valence-electron chi connectivity index (χ1n) is 3.52. The molecule has 1 rings (SSSR count). The number of thiophene rings is 1. The van der Waals surface area contributed by atoms with Crippen molar-refractivity contribution < 1.29 is 9.53 Å². The van der Waals surface area contributed by atoms with Gasteiger partial charge >= 0.3 is 5.97 Å². The summed E-state index contributed by atoms with van der Waals surface area (Å²) in [5, 5.41) is 2.01. The van der Waals surface area contributed by atoms with Gasteiger partial charge in [-0.25, -0.2) is 0 Å². The van der Waals surface area contributed by atoms with E-state index in [4.69, 9.17) is 0 Å². The molecular weight excluding hydrogens is 240 g/mol. The summed E-state index contributed by atoms with van der Waals surface area (Å²) in [7, 11) is 1.41. The van der Waals surface area contributed by atoms with E-state index in [-0.39, 0.29) is 5.97 Å². The van der Waals surface area contributed by atoms with Gasteiger partial charge in [-0.05, 0) is 28.4 Å². The maximum atomic E-state index is 10.8. The summed E-state index contributed by atoms with van der Waals surface area (Å²) in [6.07, 6.45) is 1.23. The first-order chi connectivity index (χ1) is 5.72. The van der Waals surface area contributed by atoms with Crippen LogP contribution in [0.15, 0.2) is 15.9 Å². The van der Waals surface area contributed by atoms with Gasteiger partial charge in [0.2, 0.25) is 0 Å². The quantitative estimate of drug-likeness (QED) is 0.769. The maximum Gasteiger partial charge on any atom is 0.305 e. The molecule has 0 spiro atoms. The van der Waals surface area contributed by atoms with Crippen LogP contribution in [-0.4, -0.2) is 13.1 Å². The van der Waals surface area contributed by atoms with E-state index in [9.17, 15) is 4.79 Å². The molecule has 0 saturated carbocycles. The van der Waals surface area contributed by atoms with Crippen LogP contribution in [0.2, 0.25) is 0 Å². The second kappa shape index (κ2) is 4.62. The van der Waals surface area contributed by atoms with Gasteiger partial charge in [0.1, 0.15) is 0 Å². The highest BCUT2D eigenvalue weighted by molar-refractivity contribution is 9.10. The van der Waals surface area contributed by atoms with Crippen molar-refractivity contribution in [3.63, 3.8) is 0 Å². The Kier molecular flexibility index (Phi) is 3.75. The van der Waals surface area contributed by atoms with Crippen molar-refractivity contribution in [3.8, 4) is 0 Å². The summed E-state index contributed by atoms with van der Waals surface area (Å²) in [5.74, 6) is -0.153. The Labute approximate surface area is 83.7 Å². The summed E-state index contributed by atoms with van der Waals surface area (Å²) in [4.78, 5) is 12.0. The molecule has 0 N–H and O–H groups in total. The highest BCUT2D eigenvalue weighted by Crippen LogP contribution is 2.20. The van der Waals surface area contributed by atoms with E-state index >= 15 is 0 Å². The normalized spacial score (nSPS) is 9.83. The van der Waals surface area contributed by atoms with Crippen LogP contribution in [-0.2, 0) is 16.0 Å². The lowest BCUT2D eigenvalue weighted by atomic mass is 10.3. The fourth-order valence-corrected chi connectivity index (χ4v) is 2.27. The number of carbonyl (C=O) groups excluding carboxylic acids is 1. The zero-order valence-electron chi connectivity index (χ0n) is 6.67. The van der Waals surface area contributed by atoms with E-state index in [0.717, 1.165) is 10.9 Å². The lowest BCUT2D eigenvalue weighted by Gasteiger charge is -1.95. The van der Waals surface area contributed by atoms with Crippen molar-refractivity contribution in [3.05, 3.63) is 20.8 Å². The number of hydrogen-bond donors (Lipinski definition) is 0. The van der Waals surface area contributed by atoms with Gasteiger partial charge in [0.25, 0.3) is 0 Å². The van der Waals surface area contributed by atoms with E-state index in [1.54, 1.807) is 11.3 Å². The second-order valence-corrected chi connectivity index (χ2v) is 4.22. The molecule has 0 bridgehead atoms. The second-order valence-electron chi connectivity index (χ2n) is 2.31. The molecule has 1 aromatic heterocycles. The van der Waals surface area contributed by atoms with E-state index in [1.165, 1.54) is 12.0 Å². The minimum atomic E-state index is -0.153. The van der Waals surface area contributed by atoms with Gasteiger partial charge < -0.3 is 4.74 Å². The van der Waals surface area contributed by atoms with Crippen LogP contribution in [0.4, 0.5) is 0 Å². The van der Waals surface area contributed by atoms with Gasteiger partial charge in [-0.15, -0.1) is 11.3 Å². The third-order valence-electron chi connectivity index (χ3n) is 1.42. The minimum absolute atomic E-state index is 0.153. The Morgan fingerprint density at radius 1 is 1.75 bits per heavy atom. The summed E-state index contributed by atoms with van der Waals surface area (Å²) in [5.41, 5.74) is 0. The monoisotopic (exact) mass is 248 g/mol. The van der Waals surface area contributed by atoms with Gasteiger partial charge in [0, 0.05) is 14.7 Å². The Bertz CT molecular complexity index is 270. The molecule has 4 heteroatoms. The number of methoxy groups -OCH3 is 1. The average Bonchev–Trinajstić information content (AvgIpc) is 2.47. The van der Waals surface area contributed by atoms with Crippen LogP contribution in [0.5, 0.6) is 0 Å². The predicted octanol–water partition coefficient (Wildman–Crippen LogP) is 2.62. The largest absolute Gasteiger partial charge is 0.469 e. The Morgan fingerprint density at radius 2 is 2.50 bits per heavy atom. The lowest BCUT2D eigenvalue weighted by molar-refractivity contribution is -0.140. The molecule has 0 aromatic carbocycles. The molecule has 0 aliphatic carbocycles. The fraction of sp³-hybridized carbons (Fsp3) is 0.375. The number of halogens is 1. The summed E-state index contributed by atoms with van der Waals surface area (Å²) in [6, 6.07) is 2.02. The molecule has 2 nitrogen and oxygen atoms in total. The topological polar surface area (TPSA) is 26.3 Å². The first kappa shape index (κ1) is 9.74. The molecule has 12 heavy (non-hydrogen) atoms.